The van der Waals surface area contributed by atoms with Crippen molar-refractivity contribution in [2.45, 2.75) is 58.9 Å². The molecule has 0 radical (unpaired) electrons. The van der Waals surface area contributed by atoms with Gasteiger partial charge in [0.2, 0.25) is 0 Å². The van der Waals surface area contributed by atoms with Crippen LogP contribution in [-0.2, 0) is 36.7 Å². The van der Waals surface area contributed by atoms with Crippen molar-refractivity contribution >= 4 is 22.5 Å². The summed E-state index contributed by atoms with van der Waals surface area (Å²) < 4.78 is 12.7. The molecule has 6 heteroatoms. The number of imidazole rings is 1. The third-order valence-corrected chi connectivity index (χ3v) is 13.2. The van der Waals surface area contributed by atoms with Gasteiger partial charge in [0.05, 0.1) is 0 Å². The van der Waals surface area contributed by atoms with Crippen molar-refractivity contribution in [3.8, 4) is 56.3 Å². The molecule has 10 rings (SSSR count). The Bertz CT molecular complexity index is 3160. The maximum absolute atomic E-state index is 6.83. The van der Waals surface area contributed by atoms with Crippen LogP contribution in [0.25, 0.3) is 55.8 Å². The van der Waals surface area contributed by atoms with Crippen LogP contribution in [0.5, 0.6) is 11.5 Å². The molecule has 0 fully saturated rings. The molecular weight excluding hydrogens is 952 g/mol. The number of hydrogen-bond donors (Lipinski definition) is 0. The zero-order valence-corrected chi connectivity index (χ0v) is 38.8. The second-order valence-electron chi connectivity index (χ2n) is 18.5. The summed E-state index contributed by atoms with van der Waals surface area (Å²) in [6.07, 6.45) is 1.93. The van der Waals surface area contributed by atoms with Gasteiger partial charge in [0.15, 0.2) is 0 Å². The van der Waals surface area contributed by atoms with Crippen molar-refractivity contribution in [2.75, 3.05) is 4.90 Å². The Kier molecular flexibility index (Phi) is 10.3. The van der Waals surface area contributed by atoms with E-state index >= 15 is 0 Å². The molecule has 3 heterocycles. The molecule has 2 aromatic heterocycles. The average Bonchev–Trinajstić information content (AvgIpc) is 3.59. The Labute approximate surface area is 381 Å². The molecular formula is C57H50N4OPt. The van der Waals surface area contributed by atoms with Crippen molar-refractivity contribution < 1.29 is 24.1 Å². The molecule has 0 saturated heterocycles. The second-order valence-corrected chi connectivity index (χ2v) is 19.5. The van der Waals surface area contributed by atoms with E-state index in [-0.39, 0.29) is 10.8 Å². The van der Waals surface area contributed by atoms with Crippen LogP contribution in [0.1, 0.15) is 58.2 Å². The molecule has 9 aromatic rings. The number of benzene rings is 7. The molecule has 0 spiro atoms. The van der Waals surface area contributed by atoms with Crippen LogP contribution >= 0.6 is 0 Å². The van der Waals surface area contributed by atoms with E-state index in [0.29, 0.717) is 0 Å². The SMILES string of the molecule is CC(C)(C)c1ccnc(N2Cc3ccccc3-c3ccc(Oc4cccc(-n5[c](=[Pt])n(-c6c(-c7ccccc7)cc(C(C)(C)C)cc6-c6ccccc6)c6ccccc65)c4)cc32)c1. The van der Waals surface area contributed by atoms with Gasteiger partial charge in [0.25, 0.3) is 0 Å². The molecule has 0 bridgehead atoms. The van der Waals surface area contributed by atoms with E-state index in [1.54, 1.807) is 0 Å². The van der Waals surface area contributed by atoms with Crippen molar-refractivity contribution in [1.82, 2.24) is 14.1 Å². The van der Waals surface area contributed by atoms with E-state index in [4.69, 9.17) is 9.72 Å². The Morgan fingerprint density at radius 3 is 1.78 bits per heavy atom. The minimum atomic E-state index is -0.0625. The van der Waals surface area contributed by atoms with Gasteiger partial charge < -0.3 is 0 Å². The van der Waals surface area contributed by atoms with E-state index in [2.05, 4.69) is 245 Å². The summed E-state index contributed by atoms with van der Waals surface area (Å²) in [5.74, 6) is 2.45. The summed E-state index contributed by atoms with van der Waals surface area (Å²) in [5.41, 5.74) is 16.3. The summed E-state index contributed by atoms with van der Waals surface area (Å²) in [4.78, 5) is 7.23. The number of para-hydroxylation sites is 2. The number of nitrogens with zero attached hydrogens (tertiary/aromatic N) is 4. The first-order valence-corrected chi connectivity index (χ1v) is 22.8. The van der Waals surface area contributed by atoms with E-state index in [0.717, 1.165) is 55.8 Å². The molecule has 1 aliphatic rings. The zero-order chi connectivity index (χ0) is 43.5. The maximum atomic E-state index is 6.83. The summed E-state index contributed by atoms with van der Waals surface area (Å²) in [6.45, 7) is 14.4. The van der Waals surface area contributed by atoms with Crippen LogP contribution in [0.2, 0.25) is 0 Å². The fourth-order valence-electron chi connectivity index (χ4n) is 8.82. The van der Waals surface area contributed by atoms with Crippen molar-refractivity contribution in [1.29, 1.82) is 0 Å². The van der Waals surface area contributed by atoms with Gasteiger partial charge in [-0.25, -0.2) is 0 Å². The predicted octanol–water partition coefficient (Wildman–Crippen LogP) is 14.9. The van der Waals surface area contributed by atoms with Crippen LogP contribution in [-0.4, -0.2) is 14.1 Å². The zero-order valence-electron chi connectivity index (χ0n) is 36.5. The van der Waals surface area contributed by atoms with Gasteiger partial charge in [0, 0.05) is 6.20 Å². The van der Waals surface area contributed by atoms with Crippen LogP contribution in [0.4, 0.5) is 11.5 Å². The Hall–Kier alpha value is -6.55. The van der Waals surface area contributed by atoms with Crippen molar-refractivity contribution in [2.24, 2.45) is 0 Å². The van der Waals surface area contributed by atoms with Crippen LogP contribution < -0.4 is 9.64 Å². The minimum absolute atomic E-state index is 0.00237. The topological polar surface area (TPSA) is 35.2 Å². The first-order valence-electron chi connectivity index (χ1n) is 21.6. The number of fused-ring (bicyclic) bond motifs is 4. The number of hydrogen-bond acceptors (Lipinski definition) is 3. The molecule has 0 saturated carbocycles. The summed E-state index contributed by atoms with van der Waals surface area (Å²) in [5, 5.41) is 0. The molecule has 0 atom stereocenters. The van der Waals surface area contributed by atoms with Crippen LogP contribution in [0.3, 0.4) is 0 Å². The molecule has 0 aliphatic carbocycles. The van der Waals surface area contributed by atoms with Crippen LogP contribution in [0, 0.1) is 3.80 Å². The van der Waals surface area contributed by atoms with Gasteiger partial charge in [-0.2, -0.15) is 0 Å². The number of anilines is 2. The molecule has 7 aromatic carbocycles. The number of aromatic nitrogens is 3. The summed E-state index contributed by atoms with van der Waals surface area (Å²) in [7, 11) is 0. The number of ether oxygens (including phenoxy) is 1. The summed E-state index contributed by atoms with van der Waals surface area (Å²) >= 11 is 2.52. The molecule has 0 amide bonds. The van der Waals surface area contributed by atoms with Gasteiger partial charge in [-0.3, -0.25) is 0 Å². The van der Waals surface area contributed by atoms with Crippen molar-refractivity contribution in [3.63, 3.8) is 0 Å². The fraction of sp³-hybridized carbons (Fsp3) is 0.158. The first-order chi connectivity index (χ1) is 30.4. The second kappa shape index (κ2) is 16.0. The standard InChI is InChI=1S/C57H50N4O.Pt/c1-56(2,3)42-30-31-58-54(34-42)59-37-41-22-13-14-25-47(41)48-29-28-46(36-53(48)59)62-45-24-17-23-44(35-45)60-38-61(52-27-16-15-26-51(52)60)55-49(39-18-9-7-10-19-39)32-43(57(4,5)6)33-50(55)40-20-11-8-12-21-40;/h7-36H,37H2,1-6H3;. The van der Waals surface area contributed by atoms with E-state index in [1.807, 2.05) is 12.3 Å². The predicted molar refractivity (Wildman–Crippen MR) is 256 cm³/mol. The van der Waals surface area contributed by atoms with Gasteiger partial charge in [-0.15, -0.1) is 0 Å². The van der Waals surface area contributed by atoms with Gasteiger partial charge >= 0.3 is 321 Å². The quantitative estimate of drug-likeness (QED) is 0.160. The van der Waals surface area contributed by atoms with Gasteiger partial charge in [-0.05, 0) is 17.0 Å². The normalized spacial score (nSPS) is 12.6. The molecule has 0 N–H and O–H groups in total. The number of pyridine rings is 1. The van der Waals surface area contributed by atoms with Gasteiger partial charge in [-0.1, -0.05) is 39.0 Å². The third kappa shape index (κ3) is 7.59. The molecule has 1 aliphatic heterocycles. The Morgan fingerprint density at radius 1 is 0.508 bits per heavy atom. The average molecular weight is 1000 g/mol. The number of rotatable bonds is 7. The summed E-state index contributed by atoms with van der Waals surface area (Å²) in [6, 6.07) is 63.1. The molecule has 5 nitrogen and oxygen atoms in total. The van der Waals surface area contributed by atoms with E-state index in [1.165, 1.54) is 50.1 Å². The first kappa shape index (κ1) is 40.5. The fourth-order valence-corrected chi connectivity index (χ4v) is 9.91. The van der Waals surface area contributed by atoms with Crippen molar-refractivity contribution in [3.05, 3.63) is 203 Å². The third-order valence-electron chi connectivity index (χ3n) is 12.2. The van der Waals surface area contributed by atoms with Crippen LogP contribution in [0.15, 0.2) is 182 Å². The molecule has 63 heavy (non-hydrogen) atoms. The van der Waals surface area contributed by atoms with Gasteiger partial charge in [0.1, 0.15) is 0 Å². The monoisotopic (exact) mass is 1000 g/mol. The molecule has 314 valence electrons. The van der Waals surface area contributed by atoms with E-state index in [9.17, 15) is 0 Å². The van der Waals surface area contributed by atoms with E-state index < -0.39 is 0 Å². The Balaban J connectivity index is 1.10. The Morgan fingerprint density at radius 2 is 1.11 bits per heavy atom. The molecule has 0 unspecified atom stereocenters.